The summed E-state index contributed by atoms with van der Waals surface area (Å²) in [7, 11) is 0. The fraction of sp³-hybridized carbons (Fsp3) is 0.650. The summed E-state index contributed by atoms with van der Waals surface area (Å²) in [5.74, 6) is -2.11. The SMILES string of the molecule is CC1(C)COC(C(C)(C)COC(=O)C2CC2c2cc(F)ccc2F)OC1. The molecule has 0 aromatic heterocycles. The number of hydrogen-bond donors (Lipinski definition) is 0. The molecule has 2 atom stereocenters. The molecule has 1 aromatic carbocycles. The van der Waals surface area contributed by atoms with Crippen LogP contribution in [-0.4, -0.2) is 32.1 Å². The van der Waals surface area contributed by atoms with Gasteiger partial charge >= 0.3 is 5.97 Å². The lowest BCUT2D eigenvalue weighted by Gasteiger charge is -2.41. The first-order valence-electron chi connectivity index (χ1n) is 8.94. The molecule has 1 heterocycles. The average molecular weight is 368 g/mol. The molecule has 3 rings (SSSR count). The van der Waals surface area contributed by atoms with Crippen molar-refractivity contribution in [3.8, 4) is 0 Å². The van der Waals surface area contributed by atoms with Gasteiger partial charge < -0.3 is 14.2 Å². The van der Waals surface area contributed by atoms with Crippen molar-refractivity contribution in [2.75, 3.05) is 19.8 Å². The molecule has 1 aliphatic heterocycles. The number of ether oxygens (including phenoxy) is 3. The van der Waals surface area contributed by atoms with Crippen LogP contribution in [0.25, 0.3) is 0 Å². The van der Waals surface area contributed by atoms with Gasteiger partial charge in [-0.05, 0) is 30.2 Å². The van der Waals surface area contributed by atoms with Crippen molar-refractivity contribution in [2.24, 2.45) is 16.7 Å². The average Bonchev–Trinajstić information content (AvgIpc) is 3.35. The summed E-state index contributed by atoms with van der Waals surface area (Å²) in [5, 5.41) is 0. The number of rotatable bonds is 5. The fourth-order valence-corrected chi connectivity index (χ4v) is 3.17. The maximum Gasteiger partial charge on any atom is 0.309 e. The number of halogens is 2. The first kappa shape index (κ1) is 19.2. The van der Waals surface area contributed by atoms with Crippen molar-refractivity contribution in [1.82, 2.24) is 0 Å². The number of hydrogen-bond acceptors (Lipinski definition) is 4. The van der Waals surface area contributed by atoms with Crippen LogP contribution in [0.5, 0.6) is 0 Å². The van der Waals surface area contributed by atoms with Crippen LogP contribution in [0.2, 0.25) is 0 Å². The second kappa shape index (κ2) is 6.89. The van der Waals surface area contributed by atoms with E-state index in [0.717, 1.165) is 18.2 Å². The Labute approximate surface area is 152 Å². The van der Waals surface area contributed by atoms with Crippen molar-refractivity contribution >= 4 is 5.97 Å². The standard InChI is InChI=1S/C20H26F2O4/c1-19(2)9-25-18(26-10-19)20(3,4)11-24-17(23)15-8-13(15)14-7-12(21)5-6-16(14)22/h5-7,13,15,18H,8-11H2,1-4H3. The maximum atomic E-state index is 13.8. The predicted molar refractivity (Wildman–Crippen MR) is 91.4 cm³/mol. The minimum Gasteiger partial charge on any atom is -0.465 e. The van der Waals surface area contributed by atoms with Crippen LogP contribution in [0, 0.1) is 28.4 Å². The van der Waals surface area contributed by atoms with Crippen LogP contribution >= 0.6 is 0 Å². The normalized spacial score (nSPS) is 25.8. The molecule has 0 radical (unpaired) electrons. The summed E-state index contributed by atoms with van der Waals surface area (Å²) in [6, 6.07) is 3.32. The Morgan fingerprint density at radius 1 is 1.27 bits per heavy atom. The lowest BCUT2D eigenvalue weighted by molar-refractivity contribution is -0.269. The predicted octanol–water partition coefficient (Wildman–Crippen LogP) is 4.04. The third-order valence-electron chi connectivity index (χ3n) is 4.93. The lowest BCUT2D eigenvalue weighted by atomic mass is 9.90. The van der Waals surface area contributed by atoms with Gasteiger partial charge in [0.1, 0.15) is 18.2 Å². The molecule has 2 unspecified atom stereocenters. The molecule has 0 bridgehead atoms. The number of carbonyl (C=O) groups excluding carboxylic acids is 1. The highest BCUT2D eigenvalue weighted by atomic mass is 19.1. The van der Waals surface area contributed by atoms with Crippen LogP contribution in [0.4, 0.5) is 8.78 Å². The largest absolute Gasteiger partial charge is 0.465 e. The van der Waals surface area contributed by atoms with E-state index in [1.165, 1.54) is 0 Å². The van der Waals surface area contributed by atoms with Crippen LogP contribution in [0.1, 0.15) is 45.6 Å². The molecule has 1 saturated carbocycles. The van der Waals surface area contributed by atoms with Gasteiger partial charge in [0.15, 0.2) is 6.29 Å². The van der Waals surface area contributed by atoms with Gasteiger partial charge in [0.05, 0.1) is 19.1 Å². The lowest BCUT2D eigenvalue weighted by Crippen LogP contribution is -2.46. The van der Waals surface area contributed by atoms with Gasteiger partial charge in [0, 0.05) is 16.7 Å². The van der Waals surface area contributed by atoms with Gasteiger partial charge in [0.2, 0.25) is 0 Å². The molecule has 0 N–H and O–H groups in total. The maximum absolute atomic E-state index is 13.8. The van der Waals surface area contributed by atoms with Gasteiger partial charge in [-0.3, -0.25) is 4.79 Å². The monoisotopic (exact) mass is 368 g/mol. The molecule has 2 aliphatic rings. The van der Waals surface area contributed by atoms with E-state index in [1.807, 2.05) is 13.8 Å². The Morgan fingerprint density at radius 3 is 2.58 bits per heavy atom. The van der Waals surface area contributed by atoms with Crippen molar-refractivity contribution < 1.29 is 27.8 Å². The molecular weight excluding hydrogens is 342 g/mol. The fourth-order valence-electron chi connectivity index (χ4n) is 3.17. The molecule has 0 amide bonds. The van der Waals surface area contributed by atoms with Crippen molar-refractivity contribution in [1.29, 1.82) is 0 Å². The Bertz CT molecular complexity index is 676. The molecule has 1 aliphatic carbocycles. The smallest absolute Gasteiger partial charge is 0.309 e. The molecule has 1 saturated heterocycles. The van der Waals surface area contributed by atoms with Crippen molar-refractivity contribution in [2.45, 2.75) is 46.3 Å². The minimum atomic E-state index is -0.504. The summed E-state index contributed by atoms with van der Waals surface area (Å²) in [5.41, 5.74) is -0.285. The van der Waals surface area contributed by atoms with E-state index in [4.69, 9.17) is 14.2 Å². The third kappa shape index (κ3) is 4.23. The van der Waals surface area contributed by atoms with Gasteiger partial charge in [-0.15, -0.1) is 0 Å². The topological polar surface area (TPSA) is 44.8 Å². The molecule has 0 spiro atoms. The van der Waals surface area contributed by atoms with Crippen LogP contribution in [0.15, 0.2) is 18.2 Å². The van der Waals surface area contributed by atoms with Gasteiger partial charge in [-0.1, -0.05) is 27.7 Å². The van der Waals surface area contributed by atoms with Gasteiger partial charge in [-0.25, -0.2) is 8.78 Å². The Kier molecular flexibility index (Phi) is 5.10. The Hall–Kier alpha value is -1.53. The number of carbonyl (C=O) groups is 1. The van der Waals surface area contributed by atoms with E-state index < -0.39 is 29.3 Å². The number of benzene rings is 1. The van der Waals surface area contributed by atoms with E-state index in [-0.39, 0.29) is 29.5 Å². The molecular formula is C20H26F2O4. The number of esters is 1. The van der Waals surface area contributed by atoms with Gasteiger partial charge in [-0.2, -0.15) is 0 Å². The van der Waals surface area contributed by atoms with Crippen molar-refractivity contribution in [3.63, 3.8) is 0 Å². The molecule has 6 heteroatoms. The van der Waals surface area contributed by atoms with Crippen LogP contribution < -0.4 is 0 Å². The third-order valence-corrected chi connectivity index (χ3v) is 4.93. The Morgan fingerprint density at radius 2 is 1.92 bits per heavy atom. The van der Waals surface area contributed by atoms with E-state index in [0.29, 0.717) is 19.6 Å². The highest BCUT2D eigenvalue weighted by Gasteiger charge is 2.47. The zero-order valence-electron chi connectivity index (χ0n) is 15.7. The zero-order valence-corrected chi connectivity index (χ0v) is 15.7. The summed E-state index contributed by atoms with van der Waals surface area (Å²) in [4.78, 5) is 12.3. The van der Waals surface area contributed by atoms with E-state index in [1.54, 1.807) is 0 Å². The minimum absolute atomic E-state index is 0.0283. The van der Waals surface area contributed by atoms with E-state index in [2.05, 4.69) is 13.8 Å². The first-order chi connectivity index (χ1) is 12.1. The summed E-state index contributed by atoms with van der Waals surface area (Å²) in [6.07, 6.45) is 0.0311. The van der Waals surface area contributed by atoms with E-state index in [9.17, 15) is 13.6 Å². The Balaban J connectivity index is 1.52. The quantitative estimate of drug-likeness (QED) is 0.736. The summed E-state index contributed by atoms with van der Waals surface area (Å²) in [6.45, 7) is 9.27. The van der Waals surface area contributed by atoms with E-state index >= 15 is 0 Å². The second-order valence-electron chi connectivity index (χ2n) is 8.83. The van der Waals surface area contributed by atoms with Crippen LogP contribution in [0.3, 0.4) is 0 Å². The highest BCUT2D eigenvalue weighted by molar-refractivity contribution is 5.77. The molecule has 144 valence electrons. The second-order valence-corrected chi connectivity index (χ2v) is 8.83. The van der Waals surface area contributed by atoms with Crippen LogP contribution in [-0.2, 0) is 19.0 Å². The molecule has 26 heavy (non-hydrogen) atoms. The first-order valence-corrected chi connectivity index (χ1v) is 8.94. The molecule has 4 nitrogen and oxygen atoms in total. The summed E-state index contributed by atoms with van der Waals surface area (Å²) >= 11 is 0. The highest BCUT2D eigenvalue weighted by Crippen LogP contribution is 2.49. The van der Waals surface area contributed by atoms with Gasteiger partial charge in [0.25, 0.3) is 0 Å². The van der Waals surface area contributed by atoms with Crippen molar-refractivity contribution in [3.05, 3.63) is 35.4 Å². The summed E-state index contributed by atoms with van der Waals surface area (Å²) < 4.78 is 44.1. The molecule has 1 aromatic rings. The zero-order chi connectivity index (χ0) is 19.1. The molecule has 2 fully saturated rings.